The predicted molar refractivity (Wildman–Crippen MR) is 149 cm³/mol. The van der Waals surface area contributed by atoms with Crippen LogP contribution in [0.5, 0.6) is 5.75 Å². The number of Topliss-reactive ketones (excluding diaryl/α,β-unsaturated/α-hetero) is 2. The molecular weight excluding hydrogens is 512 g/mol. The van der Waals surface area contributed by atoms with Crippen LogP contribution in [0.4, 0.5) is 5.69 Å². The summed E-state index contributed by atoms with van der Waals surface area (Å²) in [5, 5.41) is 33.9. The smallest absolute Gasteiger partial charge is 0.255 e. The number of likely N-dealkylation sites (tertiary alicyclic amines) is 1. The van der Waals surface area contributed by atoms with Gasteiger partial charge in [-0.2, -0.15) is 0 Å². The minimum absolute atomic E-state index is 0.0685. The van der Waals surface area contributed by atoms with Crippen molar-refractivity contribution in [1.29, 1.82) is 0 Å². The van der Waals surface area contributed by atoms with Gasteiger partial charge in [0, 0.05) is 30.9 Å². The molecule has 6 rings (SSSR count). The molecule has 0 radical (unpaired) electrons. The molecule has 2 heterocycles. The standard InChI is InChI=1S/C30H38N4O6/c1-5-7-34-8-6-13-12-33(4)24-15-9-14-10-16-21(28(38)22(30(31)40)29(39)25(16)32(2)3)27(37)19(14)26(36)20(15)18(35)11-17(24)23(13)34/h11,13-14,16,21,23,25,35-36,39H,5-10,12H2,1-4H3,(H2,31,40)/t13?,14-,16-,21+,23?,25+/m0/s1. The Bertz CT molecular complexity index is 1400. The third kappa shape index (κ3) is 3.58. The number of benzene rings is 1. The van der Waals surface area contributed by atoms with Gasteiger partial charge in [0.25, 0.3) is 5.91 Å². The molecular formula is C30H38N4O6. The van der Waals surface area contributed by atoms with Crippen molar-refractivity contribution in [3.8, 4) is 5.75 Å². The number of phenols is 1. The van der Waals surface area contributed by atoms with Crippen molar-refractivity contribution in [2.45, 2.75) is 44.7 Å². The summed E-state index contributed by atoms with van der Waals surface area (Å²) in [5.41, 5.74) is 8.15. The lowest BCUT2D eigenvalue weighted by Crippen LogP contribution is -2.55. The molecule has 1 aromatic rings. The van der Waals surface area contributed by atoms with E-state index < -0.39 is 52.6 Å². The van der Waals surface area contributed by atoms with E-state index in [0.29, 0.717) is 18.8 Å². The van der Waals surface area contributed by atoms with Gasteiger partial charge in [0.15, 0.2) is 11.6 Å². The number of allylic oxidation sites excluding steroid dienone is 1. The molecule has 2 fully saturated rings. The molecule has 1 aromatic carbocycles. The summed E-state index contributed by atoms with van der Waals surface area (Å²) in [5.74, 6) is -5.01. The number of anilines is 1. The van der Waals surface area contributed by atoms with E-state index in [0.717, 1.165) is 49.3 Å². The molecule has 40 heavy (non-hydrogen) atoms. The van der Waals surface area contributed by atoms with Crippen LogP contribution in [-0.2, 0) is 20.8 Å². The van der Waals surface area contributed by atoms with Crippen LogP contribution in [0.3, 0.4) is 0 Å². The maximum absolute atomic E-state index is 14.0. The van der Waals surface area contributed by atoms with E-state index in [1.165, 1.54) is 0 Å². The number of hydrogen-bond acceptors (Lipinski definition) is 9. The third-order valence-corrected chi connectivity index (χ3v) is 9.91. The Labute approximate surface area is 233 Å². The van der Waals surface area contributed by atoms with Crippen LogP contribution in [0.1, 0.15) is 48.9 Å². The number of nitrogens with two attached hydrogens (primary N) is 1. The highest BCUT2D eigenvalue weighted by Crippen LogP contribution is 2.55. The monoisotopic (exact) mass is 550 g/mol. The maximum Gasteiger partial charge on any atom is 0.255 e. The quantitative estimate of drug-likeness (QED) is 0.327. The van der Waals surface area contributed by atoms with Crippen LogP contribution >= 0.6 is 0 Å². The van der Waals surface area contributed by atoms with Gasteiger partial charge < -0.3 is 26.0 Å². The highest BCUT2D eigenvalue weighted by Gasteiger charge is 2.56. The normalized spacial score (nSPS) is 31.7. The van der Waals surface area contributed by atoms with Crippen molar-refractivity contribution in [1.82, 2.24) is 9.80 Å². The molecule has 2 unspecified atom stereocenters. The number of nitrogens with zero attached hydrogens (tertiary/aromatic N) is 3. The summed E-state index contributed by atoms with van der Waals surface area (Å²) in [7, 11) is 5.49. The number of rotatable bonds is 4. The number of ketones is 2. The molecule has 1 saturated heterocycles. The van der Waals surface area contributed by atoms with Crippen molar-refractivity contribution in [3.63, 3.8) is 0 Å². The number of likely N-dealkylation sites (N-methyl/N-ethyl adjacent to an activating group) is 1. The zero-order chi connectivity index (χ0) is 28.8. The average molecular weight is 551 g/mol. The zero-order valence-corrected chi connectivity index (χ0v) is 23.5. The minimum atomic E-state index is -1.25. The van der Waals surface area contributed by atoms with Crippen molar-refractivity contribution >= 4 is 28.9 Å². The minimum Gasteiger partial charge on any atom is -0.510 e. The second-order valence-corrected chi connectivity index (χ2v) is 12.4. The van der Waals surface area contributed by atoms with Gasteiger partial charge in [0.1, 0.15) is 22.8 Å². The number of primary amides is 1. The van der Waals surface area contributed by atoms with E-state index in [1.807, 2.05) is 7.05 Å². The summed E-state index contributed by atoms with van der Waals surface area (Å²) >= 11 is 0. The number of aliphatic hydroxyl groups is 2. The number of carbonyl (C=O) groups excluding carboxylic acids is 3. The lowest BCUT2D eigenvalue weighted by atomic mass is 9.59. The number of amides is 1. The molecule has 5 aliphatic rings. The maximum atomic E-state index is 14.0. The van der Waals surface area contributed by atoms with E-state index in [4.69, 9.17) is 5.73 Å². The molecule has 1 amide bonds. The molecule has 5 N–H and O–H groups in total. The fourth-order valence-corrected chi connectivity index (χ4v) is 8.58. The molecule has 214 valence electrons. The SMILES string of the molecule is CCCN1CCC2CN(C)c3c(cc(O)c4c3C[C@H]3C[C@H]5[C@@H](C(=O)C(C(N)=O)=C(O)[C@@H]5N(C)C)C(=O)C3=C4O)C21. The summed E-state index contributed by atoms with van der Waals surface area (Å²) < 4.78 is 0. The van der Waals surface area contributed by atoms with Crippen LogP contribution in [0.2, 0.25) is 0 Å². The molecule has 2 aliphatic heterocycles. The van der Waals surface area contributed by atoms with E-state index >= 15 is 0 Å². The molecule has 10 nitrogen and oxygen atoms in total. The van der Waals surface area contributed by atoms with Crippen LogP contribution < -0.4 is 10.6 Å². The lowest BCUT2D eigenvalue weighted by molar-refractivity contribution is -0.136. The first-order valence-corrected chi connectivity index (χ1v) is 14.2. The first-order valence-electron chi connectivity index (χ1n) is 14.2. The fourth-order valence-electron chi connectivity index (χ4n) is 8.58. The molecule has 0 aromatic heterocycles. The molecule has 3 aliphatic carbocycles. The number of aromatic hydroxyl groups is 1. The van der Waals surface area contributed by atoms with Crippen molar-refractivity contribution in [3.05, 3.63) is 39.7 Å². The number of fused-ring (bicyclic) bond motifs is 7. The molecule has 0 spiro atoms. The van der Waals surface area contributed by atoms with Gasteiger partial charge in [-0.15, -0.1) is 0 Å². The first kappa shape index (κ1) is 26.8. The topological polar surface area (TPSA) is 148 Å². The predicted octanol–water partition coefficient (Wildman–Crippen LogP) is 2.07. The second-order valence-electron chi connectivity index (χ2n) is 12.4. The van der Waals surface area contributed by atoms with Gasteiger partial charge in [-0.1, -0.05) is 6.92 Å². The molecule has 0 bridgehead atoms. The van der Waals surface area contributed by atoms with Crippen LogP contribution in [-0.4, -0.2) is 89.4 Å². The first-order chi connectivity index (χ1) is 19.0. The Balaban J connectivity index is 1.49. The van der Waals surface area contributed by atoms with Gasteiger partial charge >= 0.3 is 0 Å². The number of phenolic OH excluding ortho intramolecular Hbond substituents is 1. The van der Waals surface area contributed by atoms with Gasteiger partial charge in [-0.05, 0) is 87.8 Å². The Morgan fingerprint density at radius 2 is 1.90 bits per heavy atom. The van der Waals surface area contributed by atoms with Crippen molar-refractivity contribution in [2.24, 2.45) is 29.4 Å². The third-order valence-electron chi connectivity index (χ3n) is 9.91. The molecule has 1 saturated carbocycles. The fraction of sp³-hybridized carbons (Fsp3) is 0.567. The zero-order valence-electron chi connectivity index (χ0n) is 23.5. The van der Waals surface area contributed by atoms with E-state index in [-0.39, 0.29) is 28.7 Å². The summed E-state index contributed by atoms with van der Waals surface area (Å²) in [6.45, 7) is 5.02. The van der Waals surface area contributed by atoms with Crippen LogP contribution in [0, 0.1) is 23.7 Å². The highest BCUT2D eigenvalue weighted by atomic mass is 16.3. The Morgan fingerprint density at radius 1 is 1.18 bits per heavy atom. The number of hydrogen-bond donors (Lipinski definition) is 4. The van der Waals surface area contributed by atoms with Crippen molar-refractivity contribution < 1.29 is 29.7 Å². The van der Waals surface area contributed by atoms with Crippen LogP contribution in [0.25, 0.3) is 5.76 Å². The Morgan fingerprint density at radius 3 is 2.55 bits per heavy atom. The molecule has 6 atom stereocenters. The van der Waals surface area contributed by atoms with Gasteiger partial charge in [0.05, 0.1) is 17.5 Å². The van der Waals surface area contributed by atoms with E-state index in [2.05, 4.69) is 16.7 Å². The van der Waals surface area contributed by atoms with Gasteiger partial charge in [-0.3, -0.25) is 24.2 Å². The van der Waals surface area contributed by atoms with Crippen molar-refractivity contribution in [2.75, 3.05) is 45.7 Å². The Kier molecular flexibility index (Phi) is 6.27. The van der Waals surface area contributed by atoms with Crippen LogP contribution in [0.15, 0.2) is 23.0 Å². The van der Waals surface area contributed by atoms with E-state index in [1.54, 1.807) is 25.1 Å². The second kappa shape index (κ2) is 9.34. The largest absolute Gasteiger partial charge is 0.510 e. The van der Waals surface area contributed by atoms with Gasteiger partial charge in [0.2, 0.25) is 0 Å². The van der Waals surface area contributed by atoms with Gasteiger partial charge in [-0.25, -0.2) is 0 Å². The van der Waals surface area contributed by atoms with E-state index in [9.17, 15) is 29.7 Å². The summed E-state index contributed by atoms with van der Waals surface area (Å²) in [6, 6.07) is 1.19. The Hall–Kier alpha value is -3.37. The lowest BCUT2D eigenvalue weighted by Gasteiger charge is -2.47. The number of carbonyl (C=O) groups is 3. The average Bonchev–Trinajstić information content (AvgIpc) is 3.25. The summed E-state index contributed by atoms with van der Waals surface area (Å²) in [6.07, 6.45) is 2.89. The summed E-state index contributed by atoms with van der Waals surface area (Å²) in [4.78, 5) is 45.9. The number of aliphatic hydroxyl groups excluding tert-OH is 2. The highest BCUT2D eigenvalue weighted by molar-refractivity contribution is 6.28. The molecule has 10 heteroatoms.